The Hall–Kier alpha value is -1.77. The summed E-state index contributed by atoms with van der Waals surface area (Å²) in [5.41, 5.74) is 1.23. The minimum absolute atomic E-state index is 0.134. The molecule has 0 aliphatic heterocycles. The summed E-state index contributed by atoms with van der Waals surface area (Å²) in [7, 11) is 0. The van der Waals surface area contributed by atoms with Gasteiger partial charge in [-0.05, 0) is 63.8 Å². The standard InChI is InChI=1S/C17H24N2O/c1-17(2,3)20-16-10-8-15(9-11-16)7-4-5-13-19-14-6-12-18-19/h6,8-12,14H,4-5,7,13H2,1-3H3. The molecule has 0 radical (unpaired) electrons. The van der Waals surface area contributed by atoms with Crippen LogP contribution in [0.3, 0.4) is 0 Å². The minimum Gasteiger partial charge on any atom is -0.488 e. The van der Waals surface area contributed by atoms with E-state index in [0.29, 0.717) is 0 Å². The van der Waals surface area contributed by atoms with Crippen LogP contribution in [0, 0.1) is 0 Å². The van der Waals surface area contributed by atoms with Crippen LogP contribution in [0.1, 0.15) is 39.2 Å². The number of ether oxygens (including phenoxy) is 1. The molecule has 0 aliphatic rings. The first-order valence-corrected chi connectivity index (χ1v) is 7.28. The number of aromatic nitrogens is 2. The lowest BCUT2D eigenvalue weighted by atomic mass is 10.1. The van der Waals surface area contributed by atoms with E-state index < -0.39 is 0 Å². The van der Waals surface area contributed by atoms with Gasteiger partial charge >= 0.3 is 0 Å². The molecule has 0 amide bonds. The van der Waals surface area contributed by atoms with E-state index in [1.165, 1.54) is 12.0 Å². The van der Waals surface area contributed by atoms with Crippen LogP contribution in [-0.4, -0.2) is 15.4 Å². The van der Waals surface area contributed by atoms with E-state index in [9.17, 15) is 0 Å². The second-order valence-electron chi connectivity index (χ2n) is 6.08. The van der Waals surface area contributed by atoms with E-state index in [1.54, 1.807) is 0 Å². The number of unbranched alkanes of at least 4 members (excludes halogenated alkanes) is 1. The quantitative estimate of drug-likeness (QED) is 0.741. The SMILES string of the molecule is CC(C)(C)Oc1ccc(CCCCn2cccn2)cc1. The van der Waals surface area contributed by atoms with Gasteiger partial charge in [0, 0.05) is 18.9 Å². The highest BCUT2D eigenvalue weighted by Gasteiger charge is 2.11. The highest BCUT2D eigenvalue weighted by atomic mass is 16.5. The van der Waals surface area contributed by atoms with Crippen molar-refractivity contribution in [3.8, 4) is 5.75 Å². The molecule has 3 heteroatoms. The van der Waals surface area contributed by atoms with Gasteiger partial charge in [-0.2, -0.15) is 5.10 Å². The number of aryl methyl sites for hydroxylation is 2. The van der Waals surface area contributed by atoms with Crippen LogP contribution in [0.25, 0.3) is 0 Å². The third kappa shape index (κ3) is 5.08. The van der Waals surface area contributed by atoms with Crippen molar-refractivity contribution in [3.05, 3.63) is 48.3 Å². The maximum Gasteiger partial charge on any atom is 0.120 e. The van der Waals surface area contributed by atoms with Gasteiger partial charge in [0.1, 0.15) is 11.4 Å². The molecular weight excluding hydrogens is 248 g/mol. The van der Waals surface area contributed by atoms with Crippen LogP contribution in [-0.2, 0) is 13.0 Å². The Kier molecular flexibility index (Phi) is 4.83. The van der Waals surface area contributed by atoms with Crippen molar-refractivity contribution < 1.29 is 4.74 Å². The monoisotopic (exact) mass is 272 g/mol. The van der Waals surface area contributed by atoms with Crippen molar-refractivity contribution in [1.29, 1.82) is 0 Å². The van der Waals surface area contributed by atoms with Crippen molar-refractivity contribution >= 4 is 0 Å². The first-order chi connectivity index (χ1) is 9.53. The van der Waals surface area contributed by atoms with Gasteiger partial charge in [-0.15, -0.1) is 0 Å². The first-order valence-electron chi connectivity index (χ1n) is 7.28. The number of nitrogens with zero attached hydrogens (tertiary/aromatic N) is 2. The smallest absolute Gasteiger partial charge is 0.120 e. The van der Waals surface area contributed by atoms with Crippen molar-refractivity contribution in [2.24, 2.45) is 0 Å². The Morgan fingerprint density at radius 2 is 1.85 bits per heavy atom. The van der Waals surface area contributed by atoms with Gasteiger partial charge in [-0.3, -0.25) is 4.68 Å². The molecular formula is C17H24N2O. The van der Waals surface area contributed by atoms with Crippen LogP contribution >= 0.6 is 0 Å². The molecule has 0 aliphatic carbocycles. The minimum atomic E-state index is -0.134. The Morgan fingerprint density at radius 1 is 1.10 bits per heavy atom. The van der Waals surface area contributed by atoms with Gasteiger partial charge < -0.3 is 4.74 Å². The molecule has 2 rings (SSSR count). The molecule has 20 heavy (non-hydrogen) atoms. The molecule has 0 atom stereocenters. The lowest BCUT2D eigenvalue weighted by molar-refractivity contribution is 0.131. The van der Waals surface area contributed by atoms with Crippen LogP contribution in [0.2, 0.25) is 0 Å². The lowest BCUT2D eigenvalue weighted by Gasteiger charge is -2.21. The average Bonchev–Trinajstić information content (AvgIpc) is 2.88. The molecule has 0 saturated carbocycles. The number of hydrogen-bond acceptors (Lipinski definition) is 2. The molecule has 2 aromatic rings. The predicted octanol–water partition coefficient (Wildman–Crippen LogP) is 4.08. The molecule has 108 valence electrons. The molecule has 0 spiro atoms. The fraction of sp³-hybridized carbons (Fsp3) is 0.471. The van der Waals surface area contributed by atoms with Crippen LogP contribution in [0.5, 0.6) is 5.75 Å². The second-order valence-corrected chi connectivity index (χ2v) is 6.08. The average molecular weight is 272 g/mol. The normalized spacial score (nSPS) is 11.6. The molecule has 0 bridgehead atoms. The Bertz CT molecular complexity index is 495. The van der Waals surface area contributed by atoms with Crippen molar-refractivity contribution in [3.63, 3.8) is 0 Å². The van der Waals surface area contributed by atoms with Crippen LogP contribution in [0.15, 0.2) is 42.7 Å². The maximum absolute atomic E-state index is 5.82. The molecule has 3 nitrogen and oxygen atoms in total. The Labute approximate surface area is 121 Å². The molecule has 1 aromatic carbocycles. The summed E-state index contributed by atoms with van der Waals surface area (Å²) in [6.07, 6.45) is 7.28. The van der Waals surface area contributed by atoms with Gasteiger partial charge in [0.25, 0.3) is 0 Å². The van der Waals surface area contributed by atoms with E-state index in [-0.39, 0.29) is 5.60 Å². The zero-order chi connectivity index (χ0) is 14.4. The zero-order valence-corrected chi connectivity index (χ0v) is 12.7. The van der Waals surface area contributed by atoms with Crippen LogP contribution < -0.4 is 4.74 Å². The largest absolute Gasteiger partial charge is 0.488 e. The molecule has 1 heterocycles. The molecule has 0 N–H and O–H groups in total. The van der Waals surface area contributed by atoms with Gasteiger partial charge in [0.15, 0.2) is 0 Å². The third-order valence-corrected chi connectivity index (χ3v) is 3.01. The topological polar surface area (TPSA) is 27.1 Å². The fourth-order valence-corrected chi connectivity index (χ4v) is 2.11. The van der Waals surface area contributed by atoms with E-state index >= 15 is 0 Å². The number of benzene rings is 1. The highest BCUT2D eigenvalue weighted by molar-refractivity contribution is 5.27. The van der Waals surface area contributed by atoms with E-state index in [4.69, 9.17) is 4.74 Å². The summed E-state index contributed by atoms with van der Waals surface area (Å²) in [6.45, 7) is 7.20. The van der Waals surface area contributed by atoms with Gasteiger partial charge in [0.2, 0.25) is 0 Å². The molecule has 0 fully saturated rings. The summed E-state index contributed by atoms with van der Waals surface area (Å²) in [5.74, 6) is 0.942. The zero-order valence-electron chi connectivity index (χ0n) is 12.7. The maximum atomic E-state index is 5.82. The number of rotatable bonds is 6. The summed E-state index contributed by atoms with van der Waals surface area (Å²) in [5, 5.41) is 4.21. The molecule has 1 aromatic heterocycles. The number of hydrogen-bond donors (Lipinski definition) is 0. The van der Waals surface area contributed by atoms with Crippen molar-refractivity contribution in [2.45, 2.75) is 52.2 Å². The van der Waals surface area contributed by atoms with E-state index in [1.807, 2.05) is 23.1 Å². The Morgan fingerprint density at radius 3 is 2.45 bits per heavy atom. The highest BCUT2D eigenvalue weighted by Crippen LogP contribution is 2.19. The summed E-state index contributed by atoms with van der Waals surface area (Å²) in [6, 6.07) is 10.4. The van der Waals surface area contributed by atoms with E-state index in [0.717, 1.165) is 25.1 Å². The summed E-state index contributed by atoms with van der Waals surface area (Å²) in [4.78, 5) is 0. The molecule has 0 saturated heterocycles. The van der Waals surface area contributed by atoms with Gasteiger partial charge in [-0.1, -0.05) is 12.1 Å². The van der Waals surface area contributed by atoms with Gasteiger partial charge in [-0.25, -0.2) is 0 Å². The van der Waals surface area contributed by atoms with Crippen LogP contribution in [0.4, 0.5) is 0 Å². The first kappa shape index (κ1) is 14.6. The fourth-order valence-electron chi connectivity index (χ4n) is 2.11. The second kappa shape index (κ2) is 6.60. The predicted molar refractivity (Wildman–Crippen MR) is 82.0 cm³/mol. The summed E-state index contributed by atoms with van der Waals surface area (Å²) < 4.78 is 7.81. The van der Waals surface area contributed by atoms with Crippen molar-refractivity contribution in [1.82, 2.24) is 9.78 Å². The van der Waals surface area contributed by atoms with E-state index in [2.05, 4.69) is 50.1 Å². The van der Waals surface area contributed by atoms with Crippen molar-refractivity contribution in [2.75, 3.05) is 0 Å². The summed E-state index contributed by atoms with van der Waals surface area (Å²) >= 11 is 0. The lowest BCUT2D eigenvalue weighted by Crippen LogP contribution is -2.22. The Balaban J connectivity index is 1.73. The third-order valence-electron chi connectivity index (χ3n) is 3.01. The molecule has 0 unspecified atom stereocenters. The van der Waals surface area contributed by atoms with Gasteiger partial charge in [0.05, 0.1) is 0 Å².